The van der Waals surface area contributed by atoms with Gasteiger partial charge in [0.2, 0.25) is 5.65 Å². The molecule has 3 aromatic rings. The van der Waals surface area contributed by atoms with Crippen molar-refractivity contribution in [3.63, 3.8) is 0 Å². The molecule has 0 aliphatic rings. The molecule has 1 N–H and O–H groups in total. The van der Waals surface area contributed by atoms with Crippen molar-refractivity contribution < 1.29 is 10.0 Å². The van der Waals surface area contributed by atoms with E-state index in [2.05, 4.69) is 10.1 Å². The third-order valence-electron chi connectivity index (χ3n) is 2.66. The number of benzene rings is 1. The van der Waals surface area contributed by atoms with Crippen LogP contribution in [0.5, 0.6) is 5.75 Å². The molecule has 7 heteroatoms. The molecular weight excluding hydrogens is 248 g/mol. The summed E-state index contributed by atoms with van der Waals surface area (Å²) in [5.74, 6) is 0.507. The molecule has 0 aliphatic heterocycles. The SMILES string of the molecule is O=[N+]([O-])c1cccn2nc(-c3ccc(O)cc3)nc12. The smallest absolute Gasteiger partial charge is 0.313 e. The van der Waals surface area contributed by atoms with Crippen LogP contribution < -0.4 is 0 Å². The summed E-state index contributed by atoms with van der Waals surface area (Å²) in [5, 5.41) is 24.3. The molecule has 0 bridgehead atoms. The largest absolute Gasteiger partial charge is 0.508 e. The van der Waals surface area contributed by atoms with Crippen molar-refractivity contribution in [3.8, 4) is 17.1 Å². The third kappa shape index (κ3) is 1.86. The minimum atomic E-state index is -0.495. The van der Waals surface area contributed by atoms with Crippen LogP contribution in [0.4, 0.5) is 5.69 Å². The maximum atomic E-state index is 10.9. The topological polar surface area (TPSA) is 93.6 Å². The van der Waals surface area contributed by atoms with Crippen molar-refractivity contribution in [2.75, 3.05) is 0 Å². The Morgan fingerprint density at radius 2 is 1.95 bits per heavy atom. The Morgan fingerprint density at radius 1 is 1.21 bits per heavy atom. The summed E-state index contributed by atoms with van der Waals surface area (Å²) in [5.41, 5.74) is 0.770. The summed E-state index contributed by atoms with van der Waals surface area (Å²) in [4.78, 5) is 14.6. The fourth-order valence-corrected chi connectivity index (χ4v) is 1.77. The van der Waals surface area contributed by atoms with Gasteiger partial charge < -0.3 is 5.11 Å². The molecule has 0 aliphatic carbocycles. The molecular formula is C12H8N4O3. The number of hydrogen-bond acceptors (Lipinski definition) is 5. The maximum absolute atomic E-state index is 10.9. The van der Waals surface area contributed by atoms with Gasteiger partial charge in [-0.1, -0.05) is 0 Å². The lowest BCUT2D eigenvalue weighted by molar-refractivity contribution is -0.383. The van der Waals surface area contributed by atoms with Crippen LogP contribution in [0.15, 0.2) is 42.6 Å². The number of fused-ring (bicyclic) bond motifs is 1. The second kappa shape index (κ2) is 4.05. The van der Waals surface area contributed by atoms with Crippen LogP contribution in [0, 0.1) is 10.1 Å². The van der Waals surface area contributed by atoms with E-state index in [4.69, 9.17) is 0 Å². The van der Waals surface area contributed by atoms with Gasteiger partial charge in [0.1, 0.15) is 5.75 Å². The Balaban J connectivity index is 2.19. The molecule has 0 saturated carbocycles. The lowest BCUT2D eigenvalue weighted by Gasteiger charge is -1.94. The van der Waals surface area contributed by atoms with Crippen molar-refractivity contribution in [3.05, 3.63) is 52.7 Å². The van der Waals surface area contributed by atoms with E-state index in [1.54, 1.807) is 24.4 Å². The van der Waals surface area contributed by atoms with Gasteiger partial charge in [-0.05, 0) is 30.3 Å². The van der Waals surface area contributed by atoms with Crippen molar-refractivity contribution in [1.29, 1.82) is 0 Å². The number of aromatic nitrogens is 3. The molecule has 3 rings (SSSR count). The highest BCUT2D eigenvalue weighted by Crippen LogP contribution is 2.23. The summed E-state index contributed by atoms with van der Waals surface area (Å²) < 4.78 is 1.36. The zero-order valence-corrected chi connectivity index (χ0v) is 9.59. The first-order valence-electron chi connectivity index (χ1n) is 5.44. The molecule has 2 heterocycles. The zero-order chi connectivity index (χ0) is 13.4. The lowest BCUT2D eigenvalue weighted by Crippen LogP contribution is -1.93. The van der Waals surface area contributed by atoms with E-state index in [9.17, 15) is 15.2 Å². The second-order valence-electron chi connectivity index (χ2n) is 3.90. The predicted molar refractivity (Wildman–Crippen MR) is 66.7 cm³/mol. The van der Waals surface area contributed by atoms with Crippen LogP contribution in [0.1, 0.15) is 0 Å². The van der Waals surface area contributed by atoms with Crippen LogP contribution in [0.25, 0.3) is 17.0 Å². The Bertz CT molecular complexity index is 764. The first-order valence-corrected chi connectivity index (χ1v) is 5.44. The highest BCUT2D eigenvalue weighted by Gasteiger charge is 2.16. The monoisotopic (exact) mass is 256 g/mol. The van der Waals surface area contributed by atoms with Gasteiger partial charge >= 0.3 is 5.69 Å². The number of phenols is 1. The summed E-state index contributed by atoms with van der Waals surface area (Å²) in [6.45, 7) is 0. The number of pyridine rings is 1. The number of phenolic OH excluding ortho intramolecular Hbond substituents is 1. The molecule has 0 radical (unpaired) electrons. The molecule has 7 nitrogen and oxygen atoms in total. The van der Waals surface area contributed by atoms with Gasteiger partial charge in [-0.25, -0.2) is 9.50 Å². The van der Waals surface area contributed by atoms with Crippen molar-refractivity contribution in [1.82, 2.24) is 14.6 Å². The molecule has 0 saturated heterocycles. The van der Waals surface area contributed by atoms with E-state index in [-0.39, 0.29) is 17.1 Å². The van der Waals surface area contributed by atoms with Gasteiger partial charge in [0.05, 0.1) is 4.92 Å². The summed E-state index contributed by atoms with van der Waals surface area (Å²) in [6, 6.07) is 9.24. The molecule has 1 aromatic carbocycles. The second-order valence-corrected chi connectivity index (χ2v) is 3.90. The summed E-state index contributed by atoms with van der Waals surface area (Å²) in [6.07, 6.45) is 1.60. The quantitative estimate of drug-likeness (QED) is 0.559. The summed E-state index contributed by atoms with van der Waals surface area (Å²) >= 11 is 0. The fourth-order valence-electron chi connectivity index (χ4n) is 1.77. The molecule has 2 aromatic heterocycles. The molecule has 19 heavy (non-hydrogen) atoms. The van der Waals surface area contributed by atoms with Crippen molar-refractivity contribution in [2.45, 2.75) is 0 Å². The fraction of sp³-hybridized carbons (Fsp3) is 0. The average molecular weight is 256 g/mol. The van der Waals surface area contributed by atoms with E-state index < -0.39 is 4.92 Å². The highest BCUT2D eigenvalue weighted by atomic mass is 16.6. The highest BCUT2D eigenvalue weighted by molar-refractivity contribution is 5.65. The van der Waals surface area contributed by atoms with Gasteiger partial charge in [-0.15, -0.1) is 5.10 Å². The zero-order valence-electron chi connectivity index (χ0n) is 9.59. The van der Waals surface area contributed by atoms with Gasteiger partial charge in [0.15, 0.2) is 5.82 Å². The number of hydrogen-bond donors (Lipinski definition) is 1. The number of nitro groups is 1. The Morgan fingerprint density at radius 3 is 2.63 bits per heavy atom. The van der Waals surface area contributed by atoms with E-state index in [0.717, 1.165) is 0 Å². The van der Waals surface area contributed by atoms with Crippen molar-refractivity contribution >= 4 is 11.3 Å². The van der Waals surface area contributed by atoms with Crippen molar-refractivity contribution in [2.24, 2.45) is 0 Å². The van der Waals surface area contributed by atoms with E-state index in [1.807, 2.05) is 0 Å². The molecule has 94 valence electrons. The van der Waals surface area contributed by atoms with Crippen LogP contribution in [-0.4, -0.2) is 24.6 Å². The number of rotatable bonds is 2. The Kier molecular flexibility index (Phi) is 2.38. The maximum Gasteiger partial charge on any atom is 0.313 e. The van der Waals surface area contributed by atoms with Crippen LogP contribution in [-0.2, 0) is 0 Å². The minimum Gasteiger partial charge on any atom is -0.508 e. The molecule has 0 spiro atoms. The number of nitrogens with zero attached hydrogens (tertiary/aromatic N) is 4. The minimum absolute atomic E-state index is 0.0972. The lowest BCUT2D eigenvalue weighted by atomic mass is 10.2. The van der Waals surface area contributed by atoms with E-state index in [0.29, 0.717) is 11.4 Å². The third-order valence-corrected chi connectivity index (χ3v) is 2.66. The van der Waals surface area contributed by atoms with Crippen LogP contribution in [0.3, 0.4) is 0 Å². The molecule has 0 amide bonds. The number of aromatic hydroxyl groups is 1. The summed E-state index contributed by atoms with van der Waals surface area (Å²) in [7, 11) is 0. The van der Waals surface area contributed by atoms with Crippen LogP contribution >= 0.6 is 0 Å². The average Bonchev–Trinajstić information content (AvgIpc) is 2.82. The molecule has 0 fully saturated rings. The first kappa shape index (κ1) is 11.1. The Hall–Kier alpha value is -2.96. The van der Waals surface area contributed by atoms with Crippen LogP contribution in [0.2, 0.25) is 0 Å². The standard InChI is InChI=1S/C12H8N4O3/c17-9-5-3-8(4-6-9)11-13-12-10(16(18)19)2-1-7-15(12)14-11/h1-7,17H. The normalized spacial score (nSPS) is 10.7. The molecule has 0 unspecified atom stereocenters. The van der Waals surface area contributed by atoms with E-state index in [1.165, 1.54) is 22.7 Å². The Labute approximate surface area is 106 Å². The van der Waals surface area contributed by atoms with Gasteiger partial charge in [-0.2, -0.15) is 0 Å². The molecule has 0 atom stereocenters. The van der Waals surface area contributed by atoms with E-state index >= 15 is 0 Å². The van der Waals surface area contributed by atoms with Gasteiger partial charge in [0.25, 0.3) is 0 Å². The first-order chi connectivity index (χ1) is 9.15. The van der Waals surface area contributed by atoms with Gasteiger partial charge in [-0.3, -0.25) is 10.1 Å². The van der Waals surface area contributed by atoms with Gasteiger partial charge in [0, 0.05) is 17.8 Å². The predicted octanol–water partition coefficient (Wildman–Crippen LogP) is 2.01.